The summed E-state index contributed by atoms with van der Waals surface area (Å²) in [6.07, 6.45) is 3.73. The van der Waals surface area contributed by atoms with E-state index in [2.05, 4.69) is 52.8 Å². The van der Waals surface area contributed by atoms with Gasteiger partial charge in [-0.15, -0.1) is 0 Å². The summed E-state index contributed by atoms with van der Waals surface area (Å²) in [5.41, 5.74) is 5.86. The smallest absolute Gasteiger partial charge is 0.228 e. The SMILES string of the molecule is CC1Cc2ccccc2N1CCNC(=O)CCCc1ccc2c(c1)CC(=O)N2. The summed E-state index contributed by atoms with van der Waals surface area (Å²) < 4.78 is 0. The highest BCUT2D eigenvalue weighted by Crippen LogP contribution is 2.31. The number of carbonyl (C=O) groups is 2. The predicted molar refractivity (Wildman–Crippen MR) is 112 cm³/mol. The predicted octanol–water partition coefficient (Wildman–Crippen LogP) is 3.07. The molecular formula is C23H27N3O2. The fourth-order valence-corrected chi connectivity index (χ4v) is 4.27. The molecule has 0 aliphatic carbocycles. The molecule has 2 aromatic rings. The molecule has 0 saturated carbocycles. The van der Waals surface area contributed by atoms with E-state index in [9.17, 15) is 9.59 Å². The van der Waals surface area contributed by atoms with Crippen molar-refractivity contribution in [2.24, 2.45) is 0 Å². The molecule has 0 spiro atoms. The van der Waals surface area contributed by atoms with Gasteiger partial charge in [-0.3, -0.25) is 9.59 Å². The largest absolute Gasteiger partial charge is 0.367 e. The average molecular weight is 377 g/mol. The topological polar surface area (TPSA) is 61.4 Å². The summed E-state index contributed by atoms with van der Waals surface area (Å²) in [6, 6.07) is 15.1. The molecule has 0 radical (unpaired) electrons. The number of hydrogen-bond donors (Lipinski definition) is 2. The van der Waals surface area contributed by atoms with Gasteiger partial charge in [0.25, 0.3) is 0 Å². The number of amides is 2. The first-order chi connectivity index (χ1) is 13.6. The standard InChI is InChI=1S/C23H27N3O2/c1-16-13-18-6-2-3-7-21(18)26(16)12-11-24-22(27)8-4-5-17-9-10-20-19(14-17)15-23(28)25-20/h2-3,6-7,9-10,14,16H,4-5,8,11-13,15H2,1H3,(H,24,27)(H,25,28). The monoisotopic (exact) mass is 377 g/mol. The summed E-state index contributed by atoms with van der Waals surface area (Å²) in [5.74, 6) is 0.166. The Kier molecular flexibility index (Phi) is 5.33. The van der Waals surface area contributed by atoms with Crippen molar-refractivity contribution in [2.45, 2.75) is 45.1 Å². The van der Waals surface area contributed by atoms with Gasteiger partial charge < -0.3 is 15.5 Å². The third kappa shape index (κ3) is 4.03. The molecule has 28 heavy (non-hydrogen) atoms. The quantitative estimate of drug-likeness (QED) is 0.780. The van der Waals surface area contributed by atoms with Crippen molar-refractivity contribution >= 4 is 23.2 Å². The summed E-state index contributed by atoms with van der Waals surface area (Å²) in [6.45, 7) is 3.75. The van der Waals surface area contributed by atoms with Crippen LogP contribution in [-0.2, 0) is 28.9 Å². The number of benzene rings is 2. The Hall–Kier alpha value is -2.82. The molecule has 2 N–H and O–H groups in total. The highest BCUT2D eigenvalue weighted by molar-refractivity contribution is 5.99. The zero-order valence-electron chi connectivity index (χ0n) is 16.3. The first-order valence-corrected chi connectivity index (χ1v) is 10.1. The molecule has 0 saturated heterocycles. The van der Waals surface area contributed by atoms with E-state index in [1.165, 1.54) is 16.8 Å². The van der Waals surface area contributed by atoms with Gasteiger partial charge in [0.05, 0.1) is 6.42 Å². The maximum absolute atomic E-state index is 12.2. The normalized spacial score (nSPS) is 17.2. The Morgan fingerprint density at radius 3 is 2.96 bits per heavy atom. The Morgan fingerprint density at radius 1 is 1.21 bits per heavy atom. The number of hydrogen-bond acceptors (Lipinski definition) is 3. The zero-order valence-corrected chi connectivity index (χ0v) is 16.3. The van der Waals surface area contributed by atoms with E-state index in [0.29, 0.717) is 25.4 Å². The van der Waals surface area contributed by atoms with Gasteiger partial charge >= 0.3 is 0 Å². The van der Waals surface area contributed by atoms with E-state index in [0.717, 1.165) is 37.1 Å². The second-order valence-electron chi connectivity index (χ2n) is 7.80. The van der Waals surface area contributed by atoms with Crippen LogP contribution in [0.1, 0.15) is 36.5 Å². The Labute approximate surface area is 166 Å². The van der Waals surface area contributed by atoms with Crippen LogP contribution in [0.4, 0.5) is 11.4 Å². The first-order valence-electron chi connectivity index (χ1n) is 10.1. The van der Waals surface area contributed by atoms with Crippen LogP contribution in [0, 0.1) is 0 Å². The van der Waals surface area contributed by atoms with Crippen LogP contribution in [0.15, 0.2) is 42.5 Å². The van der Waals surface area contributed by atoms with Gasteiger partial charge in [0.2, 0.25) is 11.8 Å². The molecule has 5 heteroatoms. The summed E-state index contributed by atoms with van der Waals surface area (Å²) in [7, 11) is 0. The third-order valence-electron chi connectivity index (χ3n) is 5.69. The number of rotatable bonds is 7. The average Bonchev–Trinajstić information content (AvgIpc) is 3.20. The van der Waals surface area contributed by atoms with E-state index >= 15 is 0 Å². The molecule has 146 valence electrons. The number of nitrogens with zero attached hydrogens (tertiary/aromatic N) is 1. The van der Waals surface area contributed by atoms with Gasteiger partial charge in [0.15, 0.2) is 0 Å². The highest BCUT2D eigenvalue weighted by atomic mass is 16.2. The van der Waals surface area contributed by atoms with Crippen LogP contribution in [0.5, 0.6) is 0 Å². The number of carbonyl (C=O) groups excluding carboxylic acids is 2. The van der Waals surface area contributed by atoms with Gasteiger partial charge in [0.1, 0.15) is 0 Å². The molecule has 0 fully saturated rings. The summed E-state index contributed by atoms with van der Waals surface area (Å²) >= 11 is 0. The minimum Gasteiger partial charge on any atom is -0.367 e. The third-order valence-corrected chi connectivity index (χ3v) is 5.69. The van der Waals surface area contributed by atoms with E-state index in [1.807, 2.05) is 12.1 Å². The van der Waals surface area contributed by atoms with Crippen molar-refractivity contribution in [2.75, 3.05) is 23.3 Å². The van der Waals surface area contributed by atoms with Crippen LogP contribution in [-0.4, -0.2) is 30.9 Å². The van der Waals surface area contributed by atoms with Gasteiger partial charge in [-0.25, -0.2) is 0 Å². The molecule has 2 heterocycles. The first kappa shape index (κ1) is 18.5. The highest BCUT2D eigenvalue weighted by Gasteiger charge is 2.24. The number of fused-ring (bicyclic) bond motifs is 2. The number of nitrogens with one attached hydrogen (secondary N) is 2. The Balaban J connectivity index is 1.19. The molecule has 0 aromatic heterocycles. The van der Waals surface area contributed by atoms with Crippen molar-refractivity contribution in [3.8, 4) is 0 Å². The van der Waals surface area contributed by atoms with Crippen LogP contribution in [0.3, 0.4) is 0 Å². The fraction of sp³-hybridized carbons (Fsp3) is 0.391. The van der Waals surface area contributed by atoms with E-state index in [1.54, 1.807) is 0 Å². The number of aryl methyl sites for hydroxylation is 1. The minimum atomic E-state index is 0.0569. The Bertz CT molecular complexity index is 893. The maximum Gasteiger partial charge on any atom is 0.228 e. The molecule has 1 unspecified atom stereocenters. The fourth-order valence-electron chi connectivity index (χ4n) is 4.27. The summed E-state index contributed by atoms with van der Waals surface area (Å²) in [4.78, 5) is 26.0. The van der Waals surface area contributed by atoms with Crippen LogP contribution in [0.2, 0.25) is 0 Å². The second-order valence-corrected chi connectivity index (χ2v) is 7.80. The lowest BCUT2D eigenvalue weighted by Gasteiger charge is -2.25. The number of anilines is 2. The van der Waals surface area contributed by atoms with Gasteiger partial charge in [0, 0.05) is 36.9 Å². The van der Waals surface area contributed by atoms with Crippen LogP contribution >= 0.6 is 0 Å². The molecule has 2 amide bonds. The van der Waals surface area contributed by atoms with Gasteiger partial charge in [-0.1, -0.05) is 30.3 Å². The molecular weight excluding hydrogens is 350 g/mol. The van der Waals surface area contributed by atoms with Crippen molar-refractivity contribution in [3.05, 3.63) is 59.2 Å². The lowest BCUT2D eigenvalue weighted by Crippen LogP contribution is -2.37. The summed E-state index contributed by atoms with van der Waals surface area (Å²) in [5, 5.41) is 5.91. The van der Waals surface area contributed by atoms with Gasteiger partial charge in [-0.05, 0) is 55.0 Å². The molecule has 2 aliphatic rings. The maximum atomic E-state index is 12.2. The van der Waals surface area contributed by atoms with Gasteiger partial charge in [-0.2, -0.15) is 0 Å². The van der Waals surface area contributed by atoms with E-state index in [4.69, 9.17) is 0 Å². The molecule has 1 atom stereocenters. The molecule has 5 nitrogen and oxygen atoms in total. The van der Waals surface area contributed by atoms with Crippen molar-refractivity contribution in [3.63, 3.8) is 0 Å². The molecule has 4 rings (SSSR count). The Morgan fingerprint density at radius 2 is 2.07 bits per heavy atom. The lowest BCUT2D eigenvalue weighted by molar-refractivity contribution is -0.121. The van der Waals surface area contributed by atoms with E-state index < -0.39 is 0 Å². The van der Waals surface area contributed by atoms with Crippen LogP contribution in [0.25, 0.3) is 0 Å². The van der Waals surface area contributed by atoms with E-state index in [-0.39, 0.29) is 11.8 Å². The number of para-hydroxylation sites is 1. The molecule has 0 bridgehead atoms. The lowest BCUT2D eigenvalue weighted by atomic mass is 10.0. The van der Waals surface area contributed by atoms with Crippen molar-refractivity contribution in [1.82, 2.24) is 5.32 Å². The van der Waals surface area contributed by atoms with Crippen molar-refractivity contribution in [1.29, 1.82) is 0 Å². The molecule has 2 aliphatic heterocycles. The second kappa shape index (κ2) is 8.05. The molecule has 2 aromatic carbocycles. The zero-order chi connectivity index (χ0) is 19.5. The van der Waals surface area contributed by atoms with Crippen LogP contribution < -0.4 is 15.5 Å². The van der Waals surface area contributed by atoms with Crippen molar-refractivity contribution < 1.29 is 9.59 Å². The minimum absolute atomic E-state index is 0.0569.